The van der Waals surface area contributed by atoms with Gasteiger partial charge >= 0.3 is 11.9 Å². The molecule has 4 aliphatic carbocycles. The third kappa shape index (κ3) is 5.53. The standard InChI is InChI=1S/C32H54O7/c1-7-30(3,4)29(37)39-21-12-13-31(5)20(16-21)17-25(34)28-23-10-9-22(32(23,6)26(35)18-24(28)31)19(2)8-11-27(36)38-15-14-33/h19-26,28,33-35H,7-18H2,1-6H3/t19?,20?,21?,22?,23?,24?,25?,26?,28?,31-,32+/m0/s1. The van der Waals surface area contributed by atoms with Gasteiger partial charge in [-0.3, -0.25) is 9.59 Å². The van der Waals surface area contributed by atoms with Crippen LogP contribution in [0.25, 0.3) is 0 Å². The van der Waals surface area contributed by atoms with Crippen molar-refractivity contribution in [2.45, 2.75) is 124 Å². The van der Waals surface area contributed by atoms with Gasteiger partial charge in [-0.25, -0.2) is 0 Å². The van der Waals surface area contributed by atoms with Crippen molar-refractivity contribution >= 4 is 11.9 Å². The van der Waals surface area contributed by atoms with E-state index in [4.69, 9.17) is 14.6 Å². The summed E-state index contributed by atoms with van der Waals surface area (Å²) < 4.78 is 11.1. The molecule has 4 fully saturated rings. The van der Waals surface area contributed by atoms with Crippen molar-refractivity contribution < 1.29 is 34.4 Å². The van der Waals surface area contributed by atoms with E-state index in [0.29, 0.717) is 25.2 Å². The lowest BCUT2D eigenvalue weighted by Crippen LogP contribution is -2.62. The lowest BCUT2D eigenvalue weighted by atomic mass is 9.43. The molecule has 0 radical (unpaired) electrons. The average Bonchev–Trinajstić information content (AvgIpc) is 3.25. The number of fused-ring (bicyclic) bond motifs is 5. The number of hydrogen-bond acceptors (Lipinski definition) is 7. The van der Waals surface area contributed by atoms with E-state index < -0.39 is 17.6 Å². The van der Waals surface area contributed by atoms with Gasteiger partial charge in [-0.05, 0) is 118 Å². The SMILES string of the molecule is CCC(C)(C)C(=O)OC1CC[C@@]2(C)C(C1)CC(O)C1C2CC(O)[C@]2(C)C(C(C)CCC(=O)OCCO)CCC12. The lowest BCUT2D eigenvalue weighted by Gasteiger charge is -2.63. The number of aliphatic hydroxyl groups is 3. The highest BCUT2D eigenvalue weighted by Crippen LogP contribution is 2.68. The van der Waals surface area contributed by atoms with Gasteiger partial charge in [0, 0.05) is 6.42 Å². The van der Waals surface area contributed by atoms with E-state index >= 15 is 0 Å². The Morgan fingerprint density at radius 1 is 1.05 bits per heavy atom. The van der Waals surface area contributed by atoms with Crippen LogP contribution in [-0.4, -0.2) is 58.8 Å². The third-order valence-corrected chi connectivity index (χ3v) is 12.4. The molecule has 0 spiro atoms. The monoisotopic (exact) mass is 550 g/mol. The summed E-state index contributed by atoms with van der Waals surface area (Å²) in [4.78, 5) is 24.8. The van der Waals surface area contributed by atoms with Crippen molar-refractivity contribution in [3.05, 3.63) is 0 Å². The first-order valence-corrected chi connectivity index (χ1v) is 15.6. The number of esters is 2. The summed E-state index contributed by atoms with van der Waals surface area (Å²) >= 11 is 0. The van der Waals surface area contributed by atoms with Crippen LogP contribution in [0.3, 0.4) is 0 Å². The number of hydrogen-bond donors (Lipinski definition) is 3. The predicted molar refractivity (Wildman–Crippen MR) is 148 cm³/mol. The van der Waals surface area contributed by atoms with Crippen LogP contribution < -0.4 is 0 Å². The fourth-order valence-electron chi connectivity index (χ4n) is 9.46. The van der Waals surface area contributed by atoms with Gasteiger partial charge in [-0.15, -0.1) is 0 Å². The molecule has 0 aromatic rings. The second-order valence-corrected chi connectivity index (χ2v) is 14.6. The number of rotatable bonds is 9. The summed E-state index contributed by atoms with van der Waals surface area (Å²) in [6.07, 6.45) is 6.89. The van der Waals surface area contributed by atoms with Gasteiger partial charge in [0.15, 0.2) is 0 Å². The summed E-state index contributed by atoms with van der Waals surface area (Å²) in [6.45, 7) is 12.6. The molecule has 7 nitrogen and oxygen atoms in total. The molecule has 0 amide bonds. The molecule has 224 valence electrons. The van der Waals surface area contributed by atoms with Crippen molar-refractivity contribution in [3.63, 3.8) is 0 Å². The fraction of sp³-hybridized carbons (Fsp3) is 0.938. The molecule has 39 heavy (non-hydrogen) atoms. The topological polar surface area (TPSA) is 113 Å². The normalized spacial score (nSPS) is 42.6. The molecule has 7 heteroatoms. The molecular weight excluding hydrogens is 496 g/mol. The second-order valence-electron chi connectivity index (χ2n) is 14.6. The first kappa shape index (κ1) is 30.8. The smallest absolute Gasteiger partial charge is 0.311 e. The minimum atomic E-state index is -0.480. The first-order valence-electron chi connectivity index (χ1n) is 15.6. The first-order chi connectivity index (χ1) is 18.3. The highest BCUT2D eigenvalue weighted by Gasteiger charge is 2.65. The van der Waals surface area contributed by atoms with Crippen LogP contribution in [0.2, 0.25) is 0 Å². The van der Waals surface area contributed by atoms with E-state index in [9.17, 15) is 19.8 Å². The van der Waals surface area contributed by atoms with Gasteiger partial charge in [0.25, 0.3) is 0 Å². The zero-order valence-corrected chi connectivity index (χ0v) is 25.2. The van der Waals surface area contributed by atoms with E-state index in [1.54, 1.807) is 0 Å². The Hall–Kier alpha value is -1.18. The maximum atomic E-state index is 12.8. The Morgan fingerprint density at radius 2 is 1.77 bits per heavy atom. The second kappa shape index (κ2) is 11.6. The van der Waals surface area contributed by atoms with E-state index in [1.165, 1.54) is 0 Å². The summed E-state index contributed by atoms with van der Waals surface area (Å²) in [5.41, 5.74) is -0.737. The lowest BCUT2D eigenvalue weighted by molar-refractivity contribution is -0.210. The fourth-order valence-corrected chi connectivity index (χ4v) is 9.46. The molecular formula is C32H54O7. The molecule has 4 saturated carbocycles. The summed E-state index contributed by atoms with van der Waals surface area (Å²) in [5.74, 6) is 1.12. The number of carbonyl (C=O) groups excluding carboxylic acids is 2. The molecule has 0 heterocycles. The maximum absolute atomic E-state index is 12.8. The Balaban J connectivity index is 1.46. The Kier molecular flexibility index (Phi) is 9.15. The van der Waals surface area contributed by atoms with Gasteiger partial charge in [0.1, 0.15) is 12.7 Å². The number of aliphatic hydroxyl groups excluding tert-OH is 3. The maximum Gasteiger partial charge on any atom is 0.311 e. The molecule has 0 bridgehead atoms. The summed E-state index contributed by atoms with van der Waals surface area (Å²) in [5, 5.41) is 32.4. The van der Waals surface area contributed by atoms with Crippen LogP contribution in [0.15, 0.2) is 0 Å². The molecule has 3 N–H and O–H groups in total. The van der Waals surface area contributed by atoms with E-state index in [-0.39, 0.29) is 71.7 Å². The van der Waals surface area contributed by atoms with Gasteiger partial charge in [0.2, 0.25) is 0 Å². The molecule has 0 aliphatic heterocycles. The molecule has 4 rings (SSSR count). The molecule has 0 saturated heterocycles. The summed E-state index contributed by atoms with van der Waals surface area (Å²) in [6, 6.07) is 0. The van der Waals surface area contributed by atoms with Crippen molar-refractivity contribution in [1.29, 1.82) is 0 Å². The van der Waals surface area contributed by atoms with Gasteiger partial charge in [0.05, 0.1) is 24.2 Å². The Morgan fingerprint density at radius 3 is 2.44 bits per heavy atom. The van der Waals surface area contributed by atoms with Crippen molar-refractivity contribution in [2.24, 2.45) is 51.8 Å². The molecule has 0 aromatic heterocycles. The van der Waals surface area contributed by atoms with E-state index in [1.807, 2.05) is 20.8 Å². The van der Waals surface area contributed by atoms with Gasteiger partial charge in [-0.1, -0.05) is 27.7 Å². The van der Waals surface area contributed by atoms with E-state index in [2.05, 4.69) is 20.8 Å². The average molecular weight is 551 g/mol. The minimum Gasteiger partial charge on any atom is -0.463 e. The zero-order chi connectivity index (χ0) is 28.8. The van der Waals surface area contributed by atoms with Gasteiger partial charge in [-0.2, -0.15) is 0 Å². The number of ether oxygens (including phenoxy) is 2. The van der Waals surface area contributed by atoms with E-state index in [0.717, 1.165) is 44.9 Å². The highest BCUT2D eigenvalue weighted by atomic mass is 16.5. The number of carbonyl (C=O) groups is 2. The molecule has 0 aromatic carbocycles. The Labute approximate surface area is 235 Å². The van der Waals surface area contributed by atoms with Crippen LogP contribution in [0, 0.1) is 51.8 Å². The molecule has 11 atom stereocenters. The van der Waals surface area contributed by atoms with Crippen molar-refractivity contribution in [1.82, 2.24) is 0 Å². The van der Waals surface area contributed by atoms with Crippen LogP contribution in [0.4, 0.5) is 0 Å². The highest BCUT2D eigenvalue weighted by molar-refractivity contribution is 5.76. The van der Waals surface area contributed by atoms with Gasteiger partial charge < -0.3 is 24.8 Å². The third-order valence-electron chi connectivity index (χ3n) is 12.4. The molecule has 9 unspecified atom stereocenters. The van der Waals surface area contributed by atoms with Crippen LogP contribution in [0.1, 0.15) is 106 Å². The zero-order valence-electron chi connectivity index (χ0n) is 25.2. The van der Waals surface area contributed by atoms with Crippen LogP contribution in [-0.2, 0) is 19.1 Å². The Bertz CT molecular complexity index is 888. The molecule has 4 aliphatic rings. The summed E-state index contributed by atoms with van der Waals surface area (Å²) in [7, 11) is 0. The quantitative estimate of drug-likeness (QED) is 0.351. The minimum absolute atomic E-state index is 0.0234. The largest absolute Gasteiger partial charge is 0.463 e. The van der Waals surface area contributed by atoms with Crippen LogP contribution >= 0.6 is 0 Å². The van der Waals surface area contributed by atoms with Crippen molar-refractivity contribution in [2.75, 3.05) is 13.2 Å². The van der Waals surface area contributed by atoms with Crippen LogP contribution in [0.5, 0.6) is 0 Å². The predicted octanol–water partition coefficient (Wildman–Crippen LogP) is 4.89. The van der Waals surface area contributed by atoms with Crippen molar-refractivity contribution in [3.8, 4) is 0 Å².